The molecular formula is C8H14N2OS. The van der Waals surface area contributed by atoms with Crippen molar-refractivity contribution in [2.75, 3.05) is 6.54 Å². The monoisotopic (exact) mass is 186 g/mol. The molecule has 0 spiro atoms. The summed E-state index contributed by atoms with van der Waals surface area (Å²) >= 11 is 1.27. The van der Waals surface area contributed by atoms with Crippen LogP contribution in [0.25, 0.3) is 0 Å². The second kappa shape index (κ2) is 4.42. The van der Waals surface area contributed by atoms with E-state index in [-0.39, 0.29) is 4.87 Å². The SMILES string of the molecule is Cc1csc(=O)n1CCCCN. The van der Waals surface area contributed by atoms with Crippen LogP contribution >= 0.6 is 11.3 Å². The normalized spacial score (nSPS) is 10.5. The summed E-state index contributed by atoms with van der Waals surface area (Å²) in [7, 11) is 0. The molecule has 0 aliphatic carbocycles. The van der Waals surface area contributed by atoms with Crippen LogP contribution in [0, 0.1) is 6.92 Å². The van der Waals surface area contributed by atoms with E-state index in [1.54, 1.807) is 4.57 Å². The molecule has 4 heteroatoms. The lowest BCUT2D eigenvalue weighted by atomic mass is 10.3. The van der Waals surface area contributed by atoms with Gasteiger partial charge in [0.15, 0.2) is 0 Å². The van der Waals surface area contributed by atoms with Gasteiger partial charge in [0, 0.05) is 17.6 Å². The lowest BCUT2D eigenvalue weighted by Crippen LogP contribution is -2.15. The summed E-state index contributed by atoms with van der Waals surface area (Å²) in [6.07, 6.45) is 1.98. The molecule has 0 aliphatic heterocycles. The molecule has 1 rings (SSSR count). The summed E-state index contributed by atoms with van der Waals surface area (Å²) in [5.74, 6) is 0. The second-order valence-electron chi connectivity index (χ2n) is 2.79. The maximum atomic E-state index is 11.2. The molecule has 1 aromatic heterocycles. The van der Waals surface area contributed by atoms with E-state index in [4.69, 9.17) is 5.73 Å². The first-order valence-electron chi connectivity index (χ1n) is 4.10. The Hall–Kier alpha value is -0.610. The van der Waals surface area contributed by atoms with E-state index in [1.165, 1.54) is 11.3 Å². The third-order valence-corrected chi connectivity index (χ3v) is 2.69. The molecule has 0 amide bonds. The van der Waals surface area contributed by atoms with Crippen molar-refractivity contribution in [2.45, 2.75) is 26.3 Å². The van der Waals surface area contributed by atoms with Gasteiger partial charge in [0.2, 0.25) is 0 Å². The van der Waals surface area contributed by atoms with Crippen LogP contribution in [0.5, 0.6) is 0 Å². The predicted molar refractivity (Wildman–Crippen MR) is 51.6 cm³/mol. The summed E-state index contributed by atoms with van der Waals surface area (Å²) < 4.78 is 1.81. The fourth-order valence-corrected chi connectivity index (χ4v) is 1.85. The van der Waals surface area contributed by atoms with E-state index in [9.17, 15) is 4.79 Å². The van der Waals surface area contributed by atoms with Crippen molar-refractivity contribution in [3.05, 3.63) is 20.7 Å². The first kappa shape index (κ1) is 9.48. The predicted octanol–water partition coefficient (Wildman–Crippen LogP) is 0.957. The average Bonchev–Trinajstić information content (AvgIpc) is 2.35. The number of hydrogen-bond acceptors (Lipinski definition) is 3. The number of nitrogens with zero attached hydrogens (tertiary/aromatic N) is 1. The van der Waals surface area contributed by atoms with E-state index in [2.05, 4.69) is 0 Å². The number of aromatic nitrogens is 1. The van der Waals surface area contributed by atoms with E-state index >= 15 is 0 Å². The molecule has 12 heavy (non-hydrogen) atoms. The van der Waals surface area contributed by atoms with Gasteiger partial charge in [-0.15, -0.1) is 0 Å². The van der Waals surface area contributed by atoms with Crippen LogP contribution in [0.3, 0.4) is 0 Å². The number of thiazole rings is 1. The summed E-state index contributed by atoms with van der Waals surface area (Å²) in [6, 6.07) is 0. The minimum atomic E-state index is 0.143. The zero-order chi connectivity index (χ0) is 8.97. The van der Waals surface area contributed by atoms with Gasteiger partial charge in [0.05, 0.1) is 0 Å². The Morgan fingerprint density at radius 2 is 2.33 bits per heavy atom. The van der Waals surface area contributed by atoms with Crippen LogP contribution in [0.4, 0.5) is 0 Å². The molecule has 2 N–H and O–H groups in total. The smallest absolute Gasteiger partial charge is 0.307 e. The van der Waals surface area contributed by atoms with Crippen LogP contribution < -0.4 is 10.6 Å². The quantitative estimate of drug-likeness (QED) is 0.712. The minimum Gasteiger partial charge on any atom is -0.330 e. The second-order valence-corrected chi connectivity index (χ2v) is 3.61. The van der Waals surface area contributed by atoms with Gasteiger partial charge in [-0.25, -0.2) is 0 Å². The van der Waals surface area contributed by atoms with Gasteiger partial charge in [0.1, 0.15) is 0 Å². The van der Waals surface area contributed by atoms with E-state index < -0.39 is 0 Å². The maximum Gasteiger partial charge on any atom is 0.307 e. The number of nitrogens with two attached hydrogens (primary N) is 1. The number of rotatable bonds is 4. The summed E-state index contributed by atoms with van der Waals surface area (Å²) in [5.41, 5.74) is 6.42. The topological polar surface area (TPSA) is 48.0 Å². The molecule has 1 heterocycles. The third kappa shape index (κ3) is 2.19. The van der Waals surface area contributed by atoms with Gasteiger partial charge in [0.25, 0.3) is 0 Å². The molecule has 0 saturated carbocycles. The van der Waals surface area contributed by atoms with Gasteiger partial charge < -0.3 is 10.3 Å². The van der Waals surface area contributed by atoms with Crippen molar-refractivity contribution < 1.29 is 0 Å². The molecule has 0 aromatic carbocycles. The first-order chi connectivity index (χ1) is 5.75. The molecule has 0 bridgehead atoms. The molecule has 0 atom stereocenters. The van der Waals surface area contributed by atoms with Crippen molar-refractivity contribution in [3.8, 4) is 0 Å². The van der Waals surface area contributed by atoms with E-state index in [0.717, 1.165) is 25.1 Å². The molecule has 0 aliphatic rings. The fourth-order valence-electron chi connectivity index (χ4n) is 1.09. The molecule has 0 fully saturated rings. The highest BCUT2D eigenvalue weighted by Gasteiger charge is 2.00. The standard InChI is InChI=1S/C8H14N2OS/c1-7-6-12-8(11)10(7)5-3-2-4-9/h6H,2-5,9H2,1H3. The first-order valence-corrected chi connectivity index (χ1v) is 4.98. The van der Waals surface area contributed by atoms with Crippen LogP contribution in [0.2, 0.25) is 0 Å². The summed E-state index contributed by atoms with van der Waals surface area (Å²) in [6.45, 7) is 3.48. The van der Waals surface area contributed by atoms with Crippen molar-refractivity contribution >= 4 is 11.3 Å². The highest BCUT2D eigenvalue weighted by molar-refractivity contribution is 7.07. The molecule has 1 aromatic rings. The van der Waals surface area contributed by atoms with Gasteiger partial charge in [-0.2, -0.15) is 0 Å². The highest BCUT2D eigenvalue weighted by Crippen LogP contribution is 2.01. The molecule has 0 unspecified atom stereocenters. The zero-order valence-electron chi connectivity index (χ0n) is 7.25. The summed E-state index contributed by atoms with van der Waals surface area (Å²) in [5, 5.41) is 1.89. The molecule has 3 nitrogen and oxygen atoms in total. The Labute approximate surface area is 75.8 Å². The lowest BCUT2D eigenvalue weighted by Gasteiger charge is -2.02. The Morgan fingerprint density at radius 3 is 2.83 bits per heavy atom. The van der Waals surface area contributed by atoms with Crippen molar-refractivity contribution in [1.29, 1.82) is 0 Å². The highest BCUT2D eigenvalue weighted by atomic mass is 32.1. The molecule has 0 saturated heterocycles. The van der Waals surface area contributed by atoms with Crippen molar-refractivity contribution in [2.24, 2.45) is 5.73 Å². The Kier molecular flexibility index (Phi) is 3.49. The van der Waals surface area contributed by atoms with Crippen molar-refractivity contribution in [3.63, 3.8) is 0 Å². The largest absolute Gasteiger partial charge is 0.330 e. The number of aryl methyl sites for hydroxylation is 1. The van der Waals surface area contributed by atoms with Gasteiger partial charge in [-0.1, -0.05) is 11.3 Å². The number of hydrogen-bond donors (Lipinski definition) is 1. The van der Waals surface area contributed by atoms with Gasteiger partial charge >= 0.3 is 4.87 Å². The Balaban J connectivity index is 2.56. The van der Waals surface area contributed by atoms with Crippen LogP contribution in [0.15, 0.2) is 10.2 Å². The van der Waals surface area contributed by atoms with Crippen LogP contribution in [-0.2, 0) is 6.54 Å². The minimum absolute atomic E-state index is 0.143. The lowest BCUT2D eigenvalue weighted by molar-refractivity contribution is 0.597. The molecule has 68 valence electrons. The third-order valence-electron chi connectivity index (χ3n) is 1.81. The van der Waals surface area contributed by atoms with Crippen molar-refractivity contribution in [1.82, 2.24) is 4.57 Å². The van der Waals surface area contributed by atoms with Gasteiger partial charge in [-0.05, 0) is 26.3 Å². The van der Waals surface area contributed by atoms with Gasteiger partial charge in [-0.3, -0.25) is 4.79 Å². The number of unbranched alkanes of at least 4 members (excludes halogenated alkanes) is 1. The molecular weight excluding hydrogens is 172 g/mol. The van der Waals surface area contributed by atoms with E-state index in [1.807, 2.05) is 12.3 Å². The fraction of sp³-hybridized carbons (Fsp3) is 0.625. The Morgan fingerprint density at radius 1 is 1.58 bits per heavy atom. The van der Waals surface area contributed by atoms with Crippen LogP contribution in [-0.4, -0.2) is 11.1 Å². The van der Waals surface area contributed by atoms with E-state index in [0.29, 0.717) is 6.54 Å². The average molecular weight is 186 g/mol. The van der Waals surface area contributed by atoms with Crippen LogP contribution in [0.1, 0.15) is 18.5 Å². The molecule has 0 radical (unpaired) electrons. The summed E-state index contributed by atoms with van der Waals surface area (Å²) in [4.78, 5) is 11.3. The maximum absolute atomic E-state index is 11.2. The zero-order valence-corrected chi connectivity index (χ0v) is 8.06. The Bertz CT molecular complexity index is 289.